The van der Waals surface area contributed by atoms with E-state index in [9.17, 15) is 35.1 Å². The van der Waals surface area contributed by atoms with Crippen molar-refractivity contribution in [2.24, 2.45) is 5.92 Å². The lowest BCUT2D eigenvalue weighted by Gasteiger charge is -2.32. The Kier molecular flexibility index (Phi) is 8.51. The van der Waals surface area contributed by atoms with Gasteiger partial charge < -0.3 is 5.11 Å². The average Bonchev–Trinajstić information content (AvgIpc) is 2.82. The fraction of sp³-hybridized carbons (Fsp3) is 0.280. The van der Waals surface area contributed by atoms with Crippen molar-refractivity contribution in [2.75, 3.05) is 17.1 Å². The Morgan fingerprint density at radius 3 is 1.82 bits per heavy atom. The van der Waals surface area contributed by atoms with Gasteiger partial charge in [0.25, 0.3) is 10.0 Å². The predicted molar refractivity (Wildman–Crippen MR) is 141 cm³/mol. The summed E-state index contributed by atoms with van der Waals surface area (Å²) in [7, 11) is -7.95. The van der Waals surface area contributed by atoms with Crippen molar-refractivity contribution in [3.63, 3.8) is 0 Å². The molecular weight excluding hydrogens is 586 g/mol. The highest BCUT2D eigenvalue weighted by Gasteiger charge is 2.56. The van der Waals surface area contributed by atoms with E-state index in [2.05, 4.69) is 0 Å². The number of aliphatic hydroxyl groups is 1. The lowest BCUT2D eigenvalue weighted by atomic mass is 9.85. The summed E-state index contributed by atoms with van der Waals surface area (Å²) in [5.41, 5.74) is -4.67. The topological polar surface area (TPSA) is 91.8 Å². The molecule has 0 heterocycles. The number of benzene rings is 3. The van der Waals surface area contributed by atoms with E-state index in [0.717, 1.165) is 59.1 Å². The molecule has 0 aliphatic carbocycles. The maximum absolute atomic E-state index is 14.2. The summed E-state index contributed by atoms with van der Waals surface area (Å²) in [6.45, 7) is 3.50. The smallest absolute Gasteiger partial charge is 0.372 e. The van der Waals surface area contributed by atoms with Crippen molar-refractivity contribution < 1.29 is 35.1 Å². The number of alkyl halides is 3. The van der Waals surface area contributed by atoms with E-state index >= 15 is 0 Å². The van der Waals surface area contributed by atoms with Gasteiger partial charge in [-0.15, -0.1) is 0 Å². The molecule has 0 fully saturated rings. The standard InChI is InChI=1S/C25H24Cl2F3NO5S2/c1-16(2)15-31(38(35,36)23-14-19(26)8-13-22(23)27)20-9-4-17(5-10-20)24(32,25(28,29)30)18-6-11-21(12-7-18)37(3,33)34/h4-14,16,32H,15H2,1-3H3. The molecule has 3 aromatic rings. The molecule has 3 aromatic carbocycles. The van der Waals surface area contributed by atoms with E-state index in [-0.39, 0.29) is 38.0 Å². The largest absolute Gasteiger partial charge is 0.425 e. The molecule has 0 aliphatic rings. The first kappa shape index (κ1) is 30.2. The molecule has 0 radical (unpaired) electrons. The number of hydrogen-bond acceptors (Lipinski definition) is 5. The molecule has 206 valence electrons. The molecule has 0 saturated carbocycles. The summed E-state index contributed by atoms with van der Waals surface area (Å²) in [6, 6.07) is 11.9. The van der Waals surface area contributed by atoms with Gasteiger partial charge in [-0.3, -0.25) is 4.31 Å². The monoisotopic (exact) mass is 609 g/mol. The molecule has 0 aromatic heterocycles. The summed E-state index contributed by atoms with van der Waals surface area (Å²) < 4.78 is 94.2. The molecule has 0 bridgehead atoms. The van der Waals surface area contributed by atoms with Crippen LogP contribution in [0.25, 0.3) is 0 Å². The van der Waals surface area contributed by atoms with Gasteiger partial charge in [0.15, 0.2) is 9.84 Å². The molecule has 6 nitrogen and oxygen atoms in total. The third-order valence-electron chi connectivity index (χ3n) is 5.68. The molecule has 38 heavy (non-hydrogen) atoms. The average molecular weight is 611 g/mol. The zero-order chi connectivity index (χ0) is 28.7. The normalized spacial score (nSPS) is 14.4. The highest BCUT2D eigenvalue weighted by Crippen LogP contribution is 2.45. The van der Waals surface area contributed by atoms with E-state index in [0.29, 0.717) is 0 Å². The molecule has 0 spiro atoms. The Morgan fingerprint density at radius 1 is 0.868 bits per heavy atom. The highest BCUT2D eigenvalue weighted by molar-refractivity contribution is 7.93. The number of sulfonamides is 1. The summed E-state index contributed by atoms with van der Waals surface area (Å²) in [4.78, 5) is -0.482. The second-order valence-corrected chi connectivity index (χ2v) is 13.7. The lowest BCUT2D eigenvalue weighted by molar-refractivity contribution is -0.248. The summed E-state index contributed by atoms with van der Waals surface area (Å²) in [6.07, 6.45) is -4.29. The molecule has 0 aliphatic heterocycles. The van der Waals surface area contributed by atoms with Crippen LogP contribution in [0.15, 0.2) is 76.5 Å². The van der Waals surface area contributed by atoms with Crippen LogP contribution >= 0.6 is 23.2 Å². The Bertz CT molecular complexity index is 1530. The zero-order valence-corrected chi connectivity index (χ0v) is 23.5. The van der Waals surface area contributed by atoms with E-state index in [1.165, 1.54) is 18.2 Å². The number of rotatable bonds is 8. The van der Waals surface area contributed by atoms with Crippen molar-refractivity contribution in [2.45, 2.75) is 35.4 Å². The van der Waals surface area contributed by atoms with Gasteiger partial charge in [0.1, 0.15) is 4.90 Å². The zero-order valence-electron chi connectivity index (χ0n) is 20.4. The molecular formula is C25H24Cl2F3NO5S2. The van der Waals surface area contributed by atoms with Crippen molar-refractivity contribution in [3.05, 3.63) is 87.9 Å². The Hall–Kier alpha value is -2.31. The maximum atomic E-state index is 14.2. The number of sulfone groups is 1. The van der Waals surface area contributed by atoms with Crippen LogP contribution in [0.4, 0.5) is 18.9 Å². The van der Waals surface area contributed by atoms with Gasteiger partial charge in [-0.1, -0.05) is 61.3 Å². The third kappa shape index (κ3) is 5.96. The van der Waals surface area contributed by atoms with Crippen LogP contribution in [0, 0.1) is 5.92 Å². The van der Waals surface area contributed by atoms with Crippen molar-refractivity contribution in [1.82, 2.24) is 0 Å². The van der Waals surface area contributed by atoms with Crippen LogP contribution in [-0.2, 0) is 25.5 Å². The van der Waals surface area contributed by atoms with Gasteiger partial charge in [0.2, 0.25) is 5.60 Å². The Labute approximate surface area is 229 Å². The van der Waals surface area contributed by atoms with Gasteiger partial charge >= 0.3 is 6.18 Å². The maximum Gasteiger partial charge on any atom is 0.425 e. The van der Waals surface area contributed by atoms with Crippen LogP contribution in [0.1, 0.15) is 25.0 Å². The number of halogens is 5. The van der Waals surface area contributed by atoms with Crippen LogP contribution in [0.5, 0.6) is 0 Å². The van der Waals surface area contributed by atoms with E-state index in [1.54, 1.807) is 13.8 Å². The second kappa shape index (κ2) is 10.7. The minimum atomic E-state index is -5.20. The minimum absolute atomic E-state index is 0.0268. The van der Waals surface area contributed by atoms with Crippen LogP contribution in [0.3, 0.4) is 0 Å². The van der Waals surface area contributed by atoms with Crippen molar-refractivity contribution in [1.29, 1.82) is 0 Å². The van der Waals surface area contributed by atoms with Crippen LogP contribution < -0.4 is 4.31 Å². The van der Waals surface area contributed by atoms with Gasteiger partial charge in [0.05, 0.1) is 15.6 Å². The molecule has 13 heteroatoms. The van der Waals surface area contributed by atoms with E-state index in [1.807, 2.05) is 0 Å². The van der Waals surface area contributed by atoms with E-state index in [4.69, 9.17) is 23.2 Å². The Balaban J connectivity index is 2.12. The SMILES string of the molecule is CC(C)CN(c1ccc(C(O)(c2ccc(S(C)(=O)=O)cc2)C(F)(F)F)cc1)S(=O)(=O)c1cc(Cl)ccc1Cl. The number of anilines is 1. The Morgan fingerprint density at radius 2 is 1.37 bits per heavy atom. The first-order chi connectivity index (χ1) is 17.4. The molecule has 1 atom stereocenters. The van der Waals surface area contributed by atoms with Crippen molar-refractivity contribution >= 4 is 48.7 Å². The summed E-state index contributed by atoms with van der Waals surface area (Å²) in [5.74, 6) is -0.178. The molecule has 3 rings (SSSR count). The third-order valence-corrected chi connectivity index (χ3v) is 9.31. The lowest BCUT2D eigenvalue weighted by Crippen LogP contribution is -2.43. The summed E-state index contributed by atoms with van der Waals surface area (Å²) in [5, 5.41) is 11.0. The van der Waals surface area contributed by atoms with Gasteiger partial charge in [-0.2, -0.15) is 13.2 Å². The second-order valence-electron chi connectivity index (χ2n) is 9.06. The fourth-order valence-corrected chi connectivity index (χ4v) is 6.77. The highest BCUT2D eigenvalue weighted by atomic mass is 35.5. The van der Waals surface area contributed by atoms with Gasteiger partial charge in [0, 0.05) is 17.8 Å². The molecule has 0 saturated heterocycles. The number of hydrogen-bond donors (Lipinski definition) is 1. The molecule has 1 unspecified atom stereocenters. The summed E-state index contributed by atoms with van der Waals surface area (Å²) >= 11 is 12.1. The van der Waals surface area contributed by atoms with E-state index < -0.39 is 42.8 Å². The van der Waals surface area contributed by atoms with Gasteiger partial charge in [-0.05, 0) is 59.5 Å². The number of nitrogens with zero attached hydrogens (tertiary/aromatic N) is 1. The molecule has 0 amide bonds. The fourth-order valence-electron chi connectivity index (χ4n) is 3.77. The predicted octanol–water partition coefficient (Wildman–Crippen LogP) is 6.05. The first-order valence-corrected chi connectivity index (χ1v) is 15.2. The first-order valence-electron chi connectivity index (χ1n) is 11.1. The minimum Gasteiger partial charge on any atom is -0.372 e. The van der Waals surface area contributed by atoms with Crippen molar-refractivity contribution in [3.8, 4) is 0 Å². The quantitative estimate of drug-likeness (QED) is 0.336. The molecule has 1 N–H and O–H groups in total. The van der Waals surface area contributed by atoms with Crippen LogP contribution in [0.2, 0.25) is 10.0 Å². The van der Waals surface area contributed by atoms with Gasteiger partial charge in [-0.25, -0.2) is 16.8 Å². The van der Waals surface area contributed by atoms with Crippen LogP contribution in [-0.4, -0.2) is 40.9 Å².